The van der Waals surface area contributed by atoms with Crippen LogP contribution in [0.15, 0.2) is 16.6 Å². The predicted octanol–water partition coefficient (Wildman–Crippen LogP) is 2.49. The third kappa shape index (κ3) is 3.44. The molecule has 2 N–H and O–H groups in total. The molecule has 0 aromatic carbocycles. The number of nitrogens with two attached hydrogens (primary N) is 1. The summed E-state index contributed by atoms with van der Waals surface area (Å²) in [6.07, 6.45) is 6.18. The number of allylic oxidation sites excluding steroid dienone is 1. The highest BCUT2D eigenvalue weighted by Gasteiger charge is 2.25. The minimum atomic E-state index is 0.172. The summed E-state index contributed by atoms with van der Waals surface area (Å²) >= 11 is 2.00. The summed E-state index contributed by atoms with van der Waals surface area (Å²) in [5.74, 6) is 3.08. The molecule has 4 heteroatoms. The zero-order chi connectivity index (χ0) is 13.0. The molecule has 0 saturated carbocycles. The molecule has 102 valence electrons. The lowest BCUT2D eigenvalue weighted by Gasteiger charge is -2.29. The van der Waals surface area contributed by atoms with Crippen LogP contribution >= 0.6 is 11.8 Å². The minimum absolute atomic E-state index is 0.172. The fourth-order valence-corrected chi connectivity index (χ4v) is 3.46. The van der Waals surface area contributed by atoms with Gasteiger partial charge < -0.3 is 10.6 Å². The van der Waals surface area contributed by atoms with Crippen LogP contribution in [-0.2, 0) is 0 Å². The maximum absolute atomic E-state index is 6.10. The average Bonchev–Trinajstić information content (AvgIpc) is 2.92. The van der Waals surface area contributed by atoms with Crippen molar-refractivity contribution in [2.45, 2.75) is 33.1 Å². The van der Waals surface area contributed by atoms with Crippen molar-refractivity contribution in [3.05, 3.63) is 11.6 Å². The lowest BCUT2D eigenvalue weighted by Crippen LogP contribution is -2.43. The highest BCUT2D eigenvalue weighted by Crippen LogP contribution is 2.34. The van der Waals surface area contributed by atoms with Crippen molar-refractivity contribution in [3.63, 3.8) is 0 Å². The lowest BCUT2D eigenvalue weighted by molar-refractivity contribution is 0.428. The fraction of sp³-hybridized carbons (Fsp3) is 0.786. The van der Waals surface area contributed by atoms with Crippen molar-refractivity contribution in [1.82, 2.24) is 4.90 Å². The molecule has 1 fully saturated rings. The summed E-state index contributed by atoms with van der Waals surface area (Å²) in [7, 11) is 0. The number of thioether (sulfide) groups is 1. The van der Waals surface area contributed by atoms with Crippen LogP contribution in [0, 0.1) is 5.41 Å². The summed E-state index contributed by atoms with van der Waals surface area (Å²) in [4.78, 5) is 6.85. The summed E-state index contributed by atoms with van der Waals surface area (Å²) in [6, 6.07) is 0. The molecule has 1 saturated heterocycles. The molecule has 0 bridgehead atoms. The van der Waals surface area contributed by atoms with Crippen LogP contribution in [0.5, 0.6) is 0 Å². The first-order valence-corrected chi connectivity index (χ1v) is 8.07. The van der Waals surface area contributed by atoms with Crippen LogP contribution in [0.25, 0.3) is 0 Å². The number of hydrogen-bond acceptors (Lipinski definition) is 2. The first kappa shape index (κ1) is 13.8. The summed E-state index contributed by atoms with van der Waals surface area (Å²) in [5, 5.41) is 0. The molecule has 1 aliphatic carbocycles. The molecular formula is C14H25N3S. The molecule has 2 rings (SSSR count). The predicted molar refractivity (Wildman–Crippen MR) is 81.1 cm³/mol. The first-order chi connectivity index (χ1) is 8.59. The lowest BCUT2D eigenvalue weighted by atomic mass is 9.84. The van der Waals surface area contributed by atoms with Gasteiger partial charge in [-0.3, -0.25) is 4.99 Å². The minimum Gasteiger partial charge on any atom is -0.370 e. The smallest absolute Gasteiger partial charge is 0.191 e. The molecule has 0 radical (unpaired) electrons. The van der Waals surface area contributed by atoms with Gasteiger partial charge in [-0.1, -0.05) is 25.5 Å². The Morgan fingerprint density at radius 2 is 2.17 bits per heavy atom. The van der Waals surface area contributed by atoms with Gasteiger partial charge in [0, 0.05) is 30.0 Å². The van der Waals surface area contributed by atoms with E-state index in [2.05, 4.69) is 29.8 Å². The second kappa shape index (κ2) is 6.00. The Morgan fingerprint density at radius 3 is 2.78 bits per heavy atom. The van der Waals surface area contributed by atoms with Crippen molar-refractivity contribution in [2.24, 2.45) is 16.1 Å². The topological polar surface area (TPSA) is 41.6 Å². The van der Waals surface area contributed by atoms with Crippen LogP contribution in [0.1, 0.15) is 33.1 Å². The number of nitrogens with zero attached hydrogens (tertiary/aromatic N) is 2. The molecule has 3 nitrogen and oxygen atoms in total. The van der Waals surface area contributed by atoms with E-state index < -0.39 is 0 Å². The molecule has 1 aliphatic heterocycles. The van der Waals surface area contributed by atoms with Crippen LogP contribution in [0.4, 0.5) is 0 Å². The van der Waals surface area contributed by atoms with Gasteiger partial charge in [-0.05, 0) is 19.3 Å². The van der Waals surface area contributed by atoms with Crippen LogP contribution in [0.2, 0.25) is 0 Å². The second-order valence-electron chi connectivity index (χ2n) is 5.78. The van der Waals surface area contributed by atoms with E-state index in [0.29, 0.717) is 0 Å². The zero-order valence-electron chi connectivity index (χ0n) is 11.6. The van der Waals surface area contributed by atoms with Crippen molar-refractivity contribution in [1.29, 1.82) is 0 Å². The summed E-state index contributed by atoms with van der Waals surface area (Å²) < 4.78 is 0. The van der Waals surface area contributed by atoms with E-state index in [9.17, 15) is 0 Å². The Kier molecular flexibility index (Phi) is 4.60. The molecule has 1 heterocycles. The average molecular weight is 267 g/mol. The Labute approximate surface area is 115 Å². The van der Waals surface area contributed by atoms with Crippen molar-refractivity contribution in [3.8, 4) is 0 Å². The van der Waals surface area contributed by atoms with Crippen LogP contribution in [-0.4, -0.2) is 42.0 Å². The van der Waals surface area contributed by atoms with Gasteiger partial charge in [0.2, 0.25) is 0 Å². The Morgan fingerprint density at radius 1 is 1.44 bits per heavy atom. The molecule has 0 atom stereocenters. The Hall–Kier alpha value is -0.640. The Bertz CT molecular complexity index is 341. The third-order valence-electron chi connectivity index (χ3n) is 3.88. The molecule has 0 aromatic heterocycles. The summed E-state index contributed by atoms with van der Waals surface area (Å²) in [5.41, 5.74) is 7.84. The van der Waals surface area contributed by atoms with Crippen LogP contribution < -0.4 is 5.73 Å². The normalized spacial score (nSPS) is 22.2. The molecule has 0 aromatic rings. The molecule has 0 amide bonds. The highest BCUT2D eigenvalue weighted by molar-refractivity contribution is 7.99. The van der Waals surface area contributed by atoms with E-state index in [1.54, 1.807) is 5.57 Å². The SMILES string of the molecule is CC(C)(CN=C(N)N1CCSCC1)C1=CCCC1. The van der Waals surface area contributed by atoms with E-state index in [1.165, 1.54) is 30.8 Å². The maximum Gasteiger partial charge on any atom is 0.191 e. The molecule has 2 aliphatic rings. The largest absolute Gasteiger partial charge is 0.370 e. The number of hydrogen-bond donors (Lipinski definition) is 1. The monoisotopic (exact) mass is 267 g/mol. The molecule has 0 spiro atoms. The van der Waals surface area contributed by atoms with Gasteiger partial charge in [0.25, 0.3) is 0 Å². The van der Waals surface area contributed by atoms with Crippen molar-refractivity contribution >= 4 is 17.7 Å². The summed E-state index contributed by atoms with van der Waals surface area (Å²) in [6.45, 7) is 7.47. The van der Waals surface area contributed by atoms with E-state index in [0.717, 1.165) is 25.6 Å². The standard InChI is InChI=1S/C14H25N3S/c1-14(2,12-5-3-4-6-12)11-16-13(15)17-7-9-18-10-8-17/h5H,3-4,6-11H2,1-2H3,(H2,15,16). The van der Waals surface area contributed by atoms with E-state index in [4.69, 9.17) is 5.73 Å². The van der Waals surface area contributed by atoms with Crippen molar-refractivity contribution in [2.75, 3.05) is 31.1 Å². The van der Waals surface area contributed by atoms with Gasteiger partial charge in [-0.15, -0.1) is 0 Å². The maximum atomic E-state index is 6.10. The van der Waals surface area contributed by atoms with Gasteiger partial charge in [0.15, 0.2) is 5.96 Å². The fourth-order valence-electron chi connectivity index (χ4n) is 2.56. The first-order valence-electron chi connectivity index (χ1n) is 6.92. The van der Waals surface area contributed by atoms with E-state index in [-0.39, 0.29) is 5.41 Å². The van der Waals surface area contributed by atoms with Gasteiger partial charge in [0.1, 0.15) is 0 Å². The van der Waals surface area contributed by atoms with Crippen LogP contribution in [0.3, 0.4) is 0 Å². The number of aliphatic imine (C=N–C) groups is 1. The van der Waals surface area contributed by atoms with Gasteiger partial charge in [-0.2, -0.15) is 11.8 Å². The third-order valence-corrected chi connectivity index (χ3v) is 4.82. The Balaban J connectivity index is 1.91. The van der Waals surface area contributed by atoms with Crippen molar-refractivity contribution < 1.29 is 0 Å². The number of guanidine groups is 1. The highest BCUT2D eigenvalue weighted by atomic mass is 32.2. The second-order valence-corrected chi connectivity index (χ2v) is 7.00. The molecule has 0 unspecified atom stereocenters. The quantitative estimate of drug-likeness (QED) is 0.485. The van der Waals surface area contributed by atoms with E-state index >= 15 is 0 Å². The number of rotatable bonds is 3. The van der Waals surface area contributed by atoms with Gasteiger partial charge in [0.05, 0.1) is 6.54 Å². The van der Waals surface area contributed by atoms with Gasteiger partial charge in [-0.25, -0.2) is 0 Å². The molecule has 18 heavy (non-hydrogen) atoms. The molecular weight excluding hydrogens is 242 g/mol. The van der Waals surface area contributed by atoms with Gasteiger partial charge >= 0.3 is 0 Å². The zero-order valence-corrected chi connectivity index (χ0v) is 12.4. The van der Waals surface area contributed by atoms with E-state index in [1.807, 2.05) is 11.8 Å².